The fraction of sp³-hybridized carbons (Fsp3) is 0.412. The van der Waals surface area contributed by atoms with Crippen molar-refractivity contribution < 1.29 is 9.90 Å². The van der Waals surface area contributed by atoms with Crippen LogP contribution < -0.4 is 10.9 Å². The van der Waals surface area contributed by atoms with E-state index in [0.717, 1.165) is 18.2 Å². The monoisotopic (exact) mass is 302 g/mol. The van der Waals surface area contributed by atoms with Crippen LogP contribution in [-0.2, 0) is 0 Å². The number of hydrogen-bond acceptors (Lipinski definition) is 3. The van der Waals surface area contributed by atoms with Crippen LogP contribution in [0.15, 0.2) is 35.1 Å². The van der Waals surface area contributed by atoms with E-state index in [9.17, 15) is 9.59 Å². The number of carbonyl (C=O) groups is 1. The van der Waals surface area contributed by atoms with Gasteiger partial charge >= 0.3 is 0 Å². The molecule has 2 aromatic rings. The summed E-state index contributed by atoms with van der Waals surface area (Å²) in [5, 5.41) is 12.7. The summed E-state index contributed by atoms with van der Waals surface area (Å²) in [5.41, 5.74) is 0.753. The number of para-hydroxylation sites is 1. The molecule has 0 fully saturated rings. The number of amides is 1. The fourth-order valence-corrected chi connectivity index (χ4v) is 2.66. The van der Waals surface area contributed by atoms with Crippen LogP contribution in [0.3, 0.4) is 0 Å². The third kappa shape index (κ3) is 3.95. The molecule has 5 heteroatoms. The SMILES string of the molecule is CCCC(CCO)CNC(=O)c1cc(=O)[nH]c2ccccc12. The number of aliphatic hydroxyl groups is 1. The second kappa shape index (κ2) is 7.75. The highest BCUT2D eigenvalue weighted by molar-refractivity contribution is 6.05. The Morgan fingerprint density at radius 2 is 2.09 bits per heavy atom. The zero-order chi connectivity index (χ0) is 15.9. The van der Waals surface area contributed by atoms with E-state index in [-0.39, 0.29) is 24.0 Å². The van der Waals surface area contributed by atoms with Crippen molar-refractivity contribution in [2.24, 2.45) is 5.92 Å². The molecule has 2 rings (SSSR count). The number of rotatable bonds is 7. The number of aliphatic hydroxyl groups excluding tert-OH is 1. The zero-order valence-electron chi connectivity index (χ0n) is 12.8. The highest BCUT2D eigenvalue weighted by Crippen LogP contribution is 2.15. The summed E-state index contributed by atoms with van der Waals surface area (Å²) >= 11 is 0. The molecule has 1 heterocycles. The molecule has 1 aromatic heterocycles. The Labute approximate surface area is 129 Å². The molecule has 0 saturated carbocycles. The van der Waals surface area contributed by atoms with Crippen molar-refractivity contribution in [2.45, 2.75) is 26.2 Å². The summed E-state index contributed by atoms with van der Waals surface area (Å²) in [6.07, 6.45) is 2.63. The molecule has 22 heavy (non-hydrogen) atoms. The third-order valence-corrected chi connectivity index (χ3v) is 3.78. The quantitative estimate of drug-likeness (QED) is 0.732. The number of aromatic nitrogens is 1. The van der Waals surface area contributed by atoms with Gasteiger partial charge in [0.2, 0.25) is 5.56 Å². The minimum atomic E-state index is -0.288. The van der Waals surface area contributed by atoms with Gasteiger partial charge < -0.3 is 15.4 Å². The topological polar surface area (TPSA) is 82.2 Å². The van der Waals surface area contributed by atoms with Gasteiger partial charge in [-0.05, 0) is 24.8 Å². The Bertz CT molecular complexity index is 688. The lowest BCUT2D eigenvalue weighted by Crippen LogP contribution is -2.30. The Hall–Kier alpha value is -2.14. The summed E-state index contributed by atoms with van der Waals surface area (Å²) in [4.78, 5) is 26.8. The maximum absolute atomic E-state index is 12.4. The molecule has 118 valence electrons. The van der Waals surface area contributed by atoms with E-state index in [1.165, 1.54) is 6.07 Å². The van der Waals surface area contributed by atoms with Crippen LogP contribution in [0.2, 0.25) is 0 Å². The average Bonchev–Trinajstić information content (AvgIpc) is 2.52. The van der Waals surface area contributed by atoms with Crippen LogP contribution in [0.1, 0.15) is 36.5 Å². The predicted molar refractivity (Wildman–Crippen MR) is 87.0 cm³/mol. The molecule has 0 bridgehead atoms. The third-order valence-electron chi connectivity index (χ3n) is 3.78. The Kier molecular flexibility index (Phi) is 5.72. The fourth-order valence-electron chi connectivity index (χ4n) is 2.66. The molecule has 0 spiro atoms. The first-order valence-electron chi connectivity index (χ1n) is 7.66. The zero-order valence-corrected chi connectivity index (χ0v) is 12.8. The molecule has 5 nitrogen and oxygen atoms in total. The van der Waals surface area contributed by atoms with Crippen molar-refractivity contribution in [1.29, 1.82) is 0 Å². The normalized spacial score (nSPS) is 12.3. The van der Waals surface area contributed by atoms with Crippen LogP contribution in [0.4, 0.5) is 0 Å². The molecule has 0 aliphatic rings. The van der Waals surface area contributed by atoms with Crippen molar-refractivity contribution in [3.63, 3.8) is 0 Å². The van der Waals surface area contributed by atoms with Crippen molar-refractivity contribution in [3.05, 3.63) is 46.2 Å². The maximum atomic E-state index is 12.4. The molecule has 1 atom stereocenters. The lowest BCUT2D eigenvalue weighted by molar-refractivity contribution is 0.0944. The molecular formula is C17H22N2O3. The van der Waals surface area contributed by atoms with Gasteiger partial charge in [-0.1, -0.05) is 31.5 Å². The largest absolute Gasteiger partial charge is 0.396 e. The van der Waals surface area contributed by atoms with E-state index >= 15 is 0 Å². The summed E-state index contributed by atoms with van der Waals surface area (Å²) in [5.74, 6) is 0.00792. The molecule has 0 aliphatic heterocycles. The lowest BCUT2D eigenvalue weighted by atomic mass is 10.00. The van der Waals surface area contributed by atoms with E-state index in [4.69, 9.17) is 5.11 Å². The van der Waals surface area contributed by atoms with Gasteiger partial charge in [0.25, 0.3) is 5.91 Å². The lowest BCUT2D eigenvalue weighted by Gasteiger charge is -2.16. The van der Waals surface area contributed by atoms with Crippen LogP contribution >= 0.6 is 0 Å². The van der Waals surface area contributed by atoms with Crippen molar-refractivity contribution >= 4 is 16.8 Å². The van der Waals surface area contributed by atoms with Gasteiger partial charge in [0.15, 0.2) is 0 Å². The highest BCUT2D eigenvalue weighted by atomic mass is 16.3. The number of hydrogen-bond donors (Lipinski definition) is 3. The number of benzene rings is 1. The van der Waals surface area contributed by atoms with Crippen molar-refractivity contribution in [3.8, 4) is 0 Å². The van der Waals surface area contributed by atoms with E-state index < -0.39 is 0 Å². The molecule has 0 radical (unpaired) electrons. The van der Waals surface area contributed by atoms with Crippen LogP contribution in [0, 0.1) is 5.92 Å². The molecule has 3 N–H and O–H groups in total. The molecule has 1 unspecified atom stereocenters. The van der Waals surface area contributed by atoms with Gasteiger partial charge in [0.05, 0.1) is 5.56 Å². The molecule has 1 aromatic carbocycles. The van der Waals surface area contributed by atoms with Crippen molar-refractivity contribution in [2.75, 3.05) is 13.2 Å². The van der Waals surface area contributed by atoms with Gasteiger partial charge in [-0.2, -0.15) is 0 Å². The summed E-state index contributed by atoms with van der Waals surface area (Å²) in [6, 6.07) is 8.58. The first-order valence-corrected chi connectivity index (χ1v) is 7.66. The van der Waals surface area contributed by atoms with Gasteiger partial charge in [-0.15, -0.1) is 0 Å². The molecular weight excluding hydrogens is 280 g/mol. The Morgan fingerprint density at radius 3 is 2.82 bits per heavy atom. The first kappa shape index (κ1) is 16.2. The van der Waals surface area contributed by atoms with Gasteiger partial charge in [0.1, 0.15) is 0 Å². The van der Waals surface area contributed by atoms with Gasteiger partial charge in [-0.3, -0.25) is 9.59 Å². The Balaban J connectivity index is 2.17. The summed E-state index contributed by atoms with van der Waals surface area (Å²) < 4.78 is 0. The van der Waals surface area contributed by atoms with Crippen LogP contribution in [-0.4, -0.2) is 29.1 Å². The van der Waals surface area contributed by atoms with Crippen LogP contribution in [0.5, 0.6) is 0 Å². The smallest absolute Gasteiger partial charge is 0.252 e. The number of H-pyrrole nitrogens is 1. The maximum Gasteiger partial charge on any atom is 0.252 e. The second-order valence-corrected chi connectivity index (χ2v) is 5.47. The first-order chi connectivity index (χ1) is 10.7. The summed E-state index contributed by atoms with van der Waals surface area (Å²) in [7, 11) is 0. The number of nitrogens with one attached hydrogen (secondary N) is 2. The number of aromatic amines is 1. The van der Waals surface area contributed by atoms with Crippen molar-refractivity contribution in [1.82, 2.24) is 10.3 Å². The Morgan fingerprint density at radius 1 is 1.32 bits per heavy atom. The standard InChI is InChI=1S/C17H22N2O3/c1-2-5-12(8-9-20)11-18-17(22)14-10-16(21)19-15-7-4-3-6-13(14)15/h3-4,6-7,10,12,20H,2,5,8-9,11H2,1H3,(H,18,22)(H,19,21). The van der Waals surface area contributed by atoms with Crippen LogP contribution in [0.25, 0.3) is 10.9 Å². The highest BCUT2D eigenvalue weighted by Gasteiger charge is 2.14. The minimum absolute atomic E-state index is 0.120. The average molecular weight is 302 g/mol. The number of carbonyl (C=O) groups excluding carboxylic acids is 1. The van der Waals surface area contributed by atoms with E-state index in [2.05, 4.69) is 17.2 Å². The van der Waals surface area contributed by atoms with E-state index in [1.54, 1.807) is 6.07 Å². The van der Waals surface area contributed by atoms with E-state index in [1.807, 2.05) is 18.2 Å². The minimum Gasteiger partial charge on any atom is -0.396 e. The number of pyridine rings is 1. The van der Waals surface area contributed by atoms with Gasteiger partial charge in [0, 0.05) is 30.1 Å². The number of fused-ring (bicyclic) bond motifs is 1. The second-order valence-electron chi connectivity index (χ2n) is 5.47. The molecule has 1 amide bonds. The van der Waals surface area contributed by atoms with E-state index in [0.29, 0.717) is 24.0 Å². The molecule has 0 saturated heterocycles. The predicted octanol–water partition coefficient (Wildman–Crippen LogP) is 2.06. The van der Waals surface area contributed by atoms with Gasteiger partial charge in [-0.25, -0.2) is 0 Å². The molecule has 0 aliphatic carbocycles. The summed E-state index contributed by atoms with van der Waals surface area (Å²) in [6.45, 7) is 2.71.